The van der Waals surface area contributed by atoms with Crippen molar-refractivity contribution in [2.45, 2.75) is 45.1 Å². The van der Waals surface area contributed by atoms with E-state index in [-0.39, 0.29) is 0 Å². The maximum atomic E-state index is 4.44. The minimum Gasteiger partial charge on any atom is -0.313 e. The molecule has 0 amide bonds. The number of rotatable bonds is 5. The highest BCUT2D eigenvalue weighted by Crippen LogP contribution is 2.19. The zero-order chi connectivity index (χ0) is 12.8. The number of hydrogen-bond acceptors (Lipinski definition) is 4. The molecule has 0 radical (unpaired) electrons. The minimum atomic E-state index is 0.561. The van der Waals surface area contributed by atoms with Crippen LogP contribution in [0.25, 0.3) is 0 Å². The first-order chi connectivity index (χ1) is 8.79. The fourth-order valence-electron chi connectivity index (χ4n) is 2.73. The van der Waals surface area contributed by atoms with Crippen molar-refractivity contribution in [3.05, 3.63) is 16.6 Å². The Labute approximate surface area is 115 Å². The Morgan fingerprint density at radius 2 is 2.50 bits per heavy atom. The predicted molar refractivity (Wildman–Crippen MR) is 78.3 cm³/mol. The Bertz CT molecular complexity index is 326. The average Bonchev–Trinajstić information content (AvgIpc) is 2.80. The van der Waals surface area contributed by atoms with E-state index >= 15 is 0 Å². The van der Waals surface area contributed by atoms with Crippen LogP contribution in [0, 0.1) is 0 Å². The van der Waals surface area contributed by atoms with E-state index in [2.05, 4.69) is 34.4 Å². The fraction of sp³-hybridized carbons (Fsp3) is 0.786. The summed E-state index contributed by atoms with van der Waals surface area (Å²) in [4.78, 5) is 7.05. The molecule has 1 aliphatic heterocycles. The monoisotopic (exact) mass is 267 g/mol. The van der Waals surface area contributed by atoms with E-state index in [9.17, 15) is 0 Å². The Kier molecular flexibility index (Phi) is 5.60. The smallest absolute Gasteiger partial charge is 0.0965 e. The molecule has 1 N–H and O–H groups in total. The van der Waals surface area contributed by atoms with Crippen molar-refractivity contribution in [3.8, 4) is 0 Å². The zero-order valence-corrected chi connectivity index (χ0v) is 12.4. The van der Waals surface area contributed by atoms with Gasteiger partial charge < -0.3 is 10.2 Å². The normalized spacial score (nSPS) is 23.8. The summed E-state index contributed by atoms with van der Waals surface area (Å²) >= 11 is 1.78. The molecule has 0 aliphatic carbocycles. The summed E-state index contributed by atoms with van der Waals surface area (Å²) < 4.78 is 0. The molecule has 0 aromatic carbocycles. The van der Waals surface area contributed by atoms with Gasteiger partial charge in [-0.15, -0.1) is 11.3 Å². The Hall–Kier alpha value is -0.450. The summed E-state index contributed by atoms with van der Waals surface area (Å²) in [5.74, 6) is 0.561. The van der Waals surface area contributed by atoms with Gasteiger partial charge >= 0.3 is 0 Å². The third-order valence-corrected chi connectivity index (χ3v) is 4.61. The molecular weight excluding hydrogens is 242 g/mol. The second-order valence-corrected chi connectivity index (χ2v) is 6.25. The number of thiazole rings is 1. The van der Waals surface area contributed by atoms with Crippen LogP contribution in [0.5, 0.6) is 0 Å². The van der Waals surface area contributed by atoms with Crippen molar-refractivity contribution in [2.24, 2.45) is 0 Å². The summed E-state index contributed by atoms with van der Waals surface area (Å²) in [6, 6.07) is 0.681. The van der Waals surface area contributed by atoms with Gasteiger partial charge in [0.2, 0.25) is 0 Å². The quantitative estimate of drug-likeness (QED) is 0.889. The van der Waals surface area contributed by atoms with Gasteiger partial charge in [-0.25, -0.2) is 4.98 Å². The second kappa shape index (κ2) is 7.22. The third-order valence-electron chi connectivity index (χ3n) is 3.60. The molecule has 0 spiro atoms. The van der Waals surface area contributed by atoms with Crippen LogP contribution in [-0.2, 0) is 0 Å². The molecule has 3 nitrogen and oxygen atoms in total. The molecule has 2 heterocycles. The lowest BCUT2D eigenvalue weighted by Crippen LogP contribution is -2.38. The van der Waals surface area contributed by atoms with Gasteiger partial charge in [-0.3, -0.25) is 0 Å². The van der Waals surface area contributed by atoms with Crippen LogP contribution in [0.15, 0.2) is 11.6 Å². The van der Waals surface area contributed by atoms with E-state index in [0.29, 0.717) is 12.0 Å². The maximum absolute atomic E-state index is 4.44. The highest BCUT2D eigenvalue weighted by molar-refractivity contribution is 7.09. The van der Waals surface area contributed by atoms with Gasteiger partial charge in [0, 0.05) is 36.6 Å². The van der Waals surface area contributed by atoms with Crippen molar-refractivity contribution in [1.82, 2.24) is 15.2 Å². The minimum absolute atomic E-state index is 0.561. The van der Waals surface area contributed by atoms with E-state index in [1.54, 1.807) is 11.3 Å². The summed E-state index contributed by atoms with van der Waals surface area (Å²) in [7, 11) is 0. The van der Waals surface area contributed by atoms with Crippen molar-refractivity contribution >= 4 is 11.3 Å². The van der Waals surface area contributed by atoms with Crippen LogP contribution in [0.2, 0.25) is 0 Å². The summed E-state index contributed by atoms with van der Waals surface area (Å²) in [5.41, 5.74) is 0. The van der Waals surface area contributed by atoms with Gasteiger partial charge in [-0.05, 0) is 25.9 Å². The van der Waals surface area contributed by atoms with Crippen LogP contribution in [0.4, 0.5) is 0 Å². The number of nitrogens with one attached hydrogen (secondary N) is 1. The number of aromatic nitrogens is 1. The molecule has 2 rings (SSSR count). The van der Waals surface area contributed by atoms with Crippen LogP contribution in [0.3, 0.4) is 0 Å². The second-order valence-electron chi connectivity index (χ2n) is 5.32. The average molecular weight is 267 g/mol. The van der Waals surface area contributed by atoms with Gasteiger partial charge in [0.1, 0.15) is 0 Å². The van der Waals surface area contributed by atoms with Gasteiger partial charge in [-0.1, -0.05) is 20.3 Å². The lowest BCUT2D eigenvalue weighted by molar-refractivity contribution is 0.251. The first-order valence-corrected chi connectivity index (χ1v) is 8.02. The van der Waals surface area contributed by atoms with Gasteiger partial charge in [0.25, 0.3) is 0 Å². The number of nitrogens with zero attached hydrogens (tertiary/aromatic N) is 2. The predicted octanol–water partition coefficient (Wildman–Crippen LogP) is 2.71. The maximum Gasteiger partial charge on any atom is 0.0965 e. The SMILES string of the molecule is CCCC1CN(CC(C)c2nccs2)CCCN1. The zero-order valence-electron chi connectivity index (χ0n) is 11.6. The molecule has 0 bridgehead atoms. The largest absolute Gasteiger partial charge is 0.313 e. The Morgan fingerprint density at radius 1 is 1.61 bits per heavy atom. The van der Waals surface area contributed by atoms with E-state index in [1.165, 1.54) is 43.9 Å². The molecule has 4 heteroatoms. The molecule has 1 aliphatic rings. The molecule has 0 saturated carbocycles. The first-order valence-electron chi connectivity index (χ1n) is 7.14. The molecular formula is C14H25N3S. The van der Waals surface area contributed by atoms with E-state index in [4.69, 9.17) is 0 Å². The van der Waals surface area contributed by atoms with E-state index < -0.39 is 0 Å². The molecule has 1 aromatic rings. The van der Waals surface area contributed by atoms with Crippen molar-refractivity contribution in [1.29, 1.82) is 0 Å². The molecule has 1 aromatic heterocycles. The van der Waals surface area contributed by atoms with Crippen LogP contribution in [0.1, 0.15) is 44.0 Å². The molecule has 2 unspecified atom stereocenters. The van der Waals surface area contributed by atoms with E-state index in [0.717, 1.165) is 6.54 Å². The van der Waals surface area contributed by atoms with Gasteiger partial charge in [0.05, 0.1) is 5.01 Å². The Balaban J connectivity index is 1.87. The van der Waals surface area contributed by atoms with Crippen molar-refractivity contribution in [3.63, 3.8) is 0 Å². The molecule has 2 atom stereocenters. The summed E-state index contributed by atoms with van der Waals surface area (Å²) in [5, 5.41) is 7.02. The summed E-state index contributed by atoms with van der Waals surface area (Å²) in [6.07, 6.45) is 5.75. The van der Waals surface area contributed by atoms with Crippen LogP contribution < -0.4 is 5.32 Å². The topological polar surface area (TPSA) is 28.2 Å². The molecule has 1 saturated heterocycles. The van der Waals surface area contributed by atoms with Crippen molar-refractivity contribution < 1.29 is 0 Å². The van der Waals surface area contributed by atoms with Crippen molar-refractivity contribution in [2.75, 3.05) is 26.2 Å². The third kappa shape index (κ3) is 4.04. The van der Waals surface area contributed by atoms with Gasteiger partial charge in [0.15, 0.2) is 0 Å². The standard InChI is InChI=1S/C14H25N3S/c1-3-5-13-11-17(8-4-6-15-13)10-12(2)14-16-7-9-18-14/h7,9,12-13,15H,3-6,8,10-11H2,1-2H3. The highest BCUT2D eigenvalue weighted by atomic mass is 32.1. The van der Waals surface area contributed by atoms with Crippen LogP contribution >= 0.6 is 11.3 Å². The summed E-state index contributed by atoms with van der Waals surface area (Å²) in [6.45, 7) is 9.32. The first kappa shape index (κ1) is 14.0. The van der Waals surface area contributed by atoms with Gasteiger partial charge in [-0.2, -0.15) is 0 Å². The fourth-order valence-corrected chi connectivity index (χ4v) is 3.42. The molecule has 18 heavy (non-hydrogen) atoms. The molecule has 1 fully saturated rings. The Morgan fingerprint density at radius 3 is 3.22 bits per heavy atom. The van der Waals surface area contributed by atoms with Crippen LogP contribution in [-0.4, -0.2) is 42.1 Å². The number of hydrogen-bond donors (Lipinski definition) is 1. The highest BCUT2D eigenvalue weighted by Gasteiger charge is 2.19. The molecule has 102 valence electrons. The van der Waals surface area contributed by atoms with E-state index in [1.807, 2.05) is 6.20 Å². The lowest BCUT2D eigenvalue weighted by Gasteiger charge is -2.26. The lowest BCUT2D eigenvalue weighted by atomic mass is 10.1.